The van der Waals surface area contributed by atoms with Gasteiger partial charge in [-0.05, 0) is 12.6 Å². The van der Waals surface area contributed by atoms with E-state index in [4.69, 9.17) is 0 Å². The summed E-state index contributed by atoms with van der Waals surface area (Å²) in [5, 5.41) is 3.06. The average Bonchev–Trinajstić information content (AvgIpc) is 1.69. The average molecular weight is 211 g/mol. The molecule has 7 heavy (non-hydrogen) atoms. The molecule has 0 amide bonds. The van der Waals surface area contributed by atoms with Gasteiger partial charge in [-0.25, -0.2) is 0 Å². The smallest absolute Gasteiger partial charge is 0.0665 e. The van der Waals surface area contributed by atoms with Crippen molar-refractivity contribution in [2.75, 3.05) is 4.55 Å². The van der Waals surface area contributed by atoms with Crippen LogP contribution in [0.1, 0.15) is 13.3 Å². The van der Waals surface area contributed by atoms with E-state index >= 15 is 0 Å². The minimum absolute atomic E-state index is 0.994. The summed E-state index contributed by atoms with van der Waals surface area (Å²) in [5.74, 6) is 0. The maximum Gasteiger partial charge on any atom is 0.0665 e. The Morgan fingerprint density at radius 2 is 2.43 bits per heavy atom. The van der Waals surface area contributed by atoms with E-state index in [-0.39, 0.29) is 0 Å². The lowest BCUT2D eigenvalue weighted by molar-refractivity contribution is 1.06. The molecule has 0 aliphatic rings. The summed E-state index contributed by atoms with van der Waals surface area (Å²) in [4.78, 5) is 0. The molecular weight excluding hydrogens is 201 g/mol. The molecule has 0 unspecified atom stereocenters. The van der Waals surface area contributed by atoms with E-state index in [1.165, 1.54) is 0 Å². The largest absolute Gasteiger partial charge is 0.382 e. The van der Waals surface area contributed by atoms with E-state index < -0.39 is 0 Å². The SMILES string of the molecule is CC/C=C/NCI. The Morgan fingerprint density at radius 1 is 1.71 bits per heavy atom. The summed E-state index contributed by atoms with van der Waals surface area (Å²) in [7, 11) is 0. The molecule has 0 aromatic carbocycles. The van der Waals surface area contributed by atoms with Crippen LogP contribution >= 0.6 is 22.6 Å². The fourth-order valence-corrected chi connectivity index (χ4v) is 0.500. The highest BCUT2D eigenvalue weighted by Crippen LogP contribution is 1.77. The van der Waals surface area contributed by atoms with Crippen LogP contribution in [0.25, 0.3) is 0 Å². The zero-order chi connectivity index (χ0) is 5.54. The van der Waals surface area contributed by atoms with Crippen molar-refractivity contribution >= 4 is 22.6 Å². The summed E-state index contributed by atoms with van der Waals surface area (Å²) in [6.07, 6.45) is 5.19. The van der Waals surface area contributed by atoms with E-state index in [0.29, 0.717) is 0 Å². The van der Waals surface area contributed by atoms with Gasteiger partial charge in [-0.1, -0.05) is 35.6 Å². The van der Waals surface area contributed by atoms with Crippen LogP contribution in [0, 0.1) is 0 Å². The standard InChI is InChI=1S/C5H10IN/c1-2-3-4-7-5-6/h3-4,7H,2,5H2,1H3/b4-3+. The highest BCUT2D eigenvalue weighted by Gasteiger charge is 1.64. The second-order valence-corrected chi connectivity index (χ2v) is 1.91. The van der Waals surface area contributed by atoms with Gasteiger partial charge in [-0.3, -0.25) is 0 Å². The van der Waals surface area contributed by atoms with Gasteiger partial charge in [0.1, 0.15) is 0 Å². The molecule has 0 rings (SSSR count). The van der Waals surface area contributed by atoms with E-state index in [1.807, 2.05) is 6.20 Å². The summed E-state index contributed by atoms with van der Waals surface area (Å²) < 4.78 is 0.994. The van der Waals surface area contributed by atoms with E-state index in [1.54, 1.807) is 0 Å². The normalized spacial score (nSPS) is 10.0. The molecule has 0 saturated carbocycles. The topological polar surface area (TPSA) is 12.0 Å². The summed E-state index contributed by atoms with van der Waals surface area (Å²) in [6.45, 7) is 2.12. The molecule has 0 atom stereocenters. The molecule has 1 nitrogen and oxygen atoms in total. The lowest BCUT2D eigenvalue weighted by atomic mass is 10.5. The fourth-order valence-electron chi connectivity index (χ4n) is 0.246. The molecule has 1 N–H and O–H groups in total. The quantitative estimate of drug-likeness (QED) is 0.427. The third kappa shape index (κ3) is 6.27. The van der Waals surface area contributed by atoms with Crippen molar-refractivity contribution in [2.45, 2.75) is 13.3 Å². The predicted molar refractivity (Wildman–Crippen MR) is 41.5 cm³/mol. The van der Waals surface area contributed by atoms with Gasteiger partial charge < -0.3 is 5.32 Å². The molecule has 0 aliphatic heterocycles. The monoisotopic (exact) mass is 211 g/mol. The Balaban J connectivity index is 2.78. The van der Waals surface area contributed by atoms with Crippen LogP contribution in [0.3, 0.4) is 0 Å². The van der Waals surface area contributed by atoms with Crippen LogP contribution in [-0.4, -0.2) is 4.55 Å². The number of alkyl halides is 1. The number of hydrogen-bond acceptors (Lipinski definition) is 1. The number of allylic oxidation sites excluding steroid dienone is 1. The summed E-state index contributed by atoms with van der Waals surface area (Å²) in [6, 6.07) is 0. The van der Waals surface area contributed by atoms with Crippen molar-refractivity contribution in [1.29, 1.82) is 0 Å². The van der Waals surface area contributed by atoms with Crippen LogP contribution < -0.4 is 5.32 Å². The van der Waals surface area contributed by atoms with Gasteiger partial charge in [-0.2, -0.15) is 0 Å². The van der Waals surface area contributed by atoms with Crippen LogP contribution in [0.5, 0.6) is 0 Å². The molecule has 0 aliphatic carbocycles. The highest BCUT2D eigenvalue weighted by molar-refractivity contribution is 14.1. The van der Waals surface area contributed by atoms with Gasteiger partial charge in [0.05, 0.1) is 4.55 Å². The van der Waals surface area contributed by atoms with Gasteiger partial charge in [0.25, 0.3) is 0 Å². The Labute approximate surface area is 58.3 Å². The minimum atomic E-state index is 0.994. The summed E-state index contributed by atoms with van der Waals surface area (Å²) >= 11 is 2.26. The third-order valence-electron chi connectivity index (χ3n) is 0.549. The van der Waals surface area contributed by atoms with Crippen molar-refractivity contribution in [3.05, 3.63) is 12.3 Å². The second kappa shape index (κ2) is 6.27. The summed E-state index contributed by atoms with van der Waals surface area (Å²) in [5.41, 5.74) is 0. The zero-order valence-corrected chi connectivity index (χ0v) is 6.60. The van der Waals surface area contributed by atoms with Crippen molar-refractivity contribution in [3.8, 4) is 0 Å². The first kappa shape index (κ1) is 7.27. The van der Waals surface area contributed by atoms with Gasteiger partial charge in [0.2, 0.25) is 0 Å². The first-order valence-corrected chi connectivity index (χ1v) is 3.88. The Morgan fingerprint density at radius 3 is 2.86 bits per heavy atom. The number of rotatable bonds is 3. The molecule has 0 aromatic heterocycles. The second-order valence-electron chi connectivity index (χ2n) is 1.15. The molecule has 0 spiro atoms. The maximum absolute atomic E-state index is 3.06. The Hall–Kier alpha value is 0.270. The van der Waals surface area contributed by atoms with Crippen molar-refractivity contribution in [2.24, 2.45) is 0 Å². The Bertz CT molecular complexity index is 52.0. The molecule has 42 valence electrons. The fraction of sp³-hybridized carbons (Fsp3) is 0.600. The molecule has 0 bridgehead atoms. The lowest BCUT2D eigenvalue weighted by Crippen LogP contribution is -1.97. The van der Waals surface area contributed by atoms with Crippen LogP contribution in [-0.2, 0) is 0 Å². The molecule has 0 aromatic rings. The van der Waals surface area contributed by atoms with Gasteiger partial charge >= 0.3 is 0 Å². The highest BCUT2D eigenvalue weighted by atomic mass is 127. The van der Waals surface area contributed by atoms with Crippen molar-refractivity contribution < 1.29 is 0 Å². The number of halogens is 1. The first-order valence-electron chi connectivity index (χ1n) is 2.36. The van der Waals surface area contributed by atoms with Crippen LogP contribution in [0.15, 0.2) is 12.3 Å². The van der Waals surface area contributed by atoms with Gasteiger partial charge in [0.15, 0.2) is 0 Å². The van der Waals surface area contributed by atoms with Crippen LogP contribution in [0.4, 0.5) is 0 Å². The Kier molecular flexibility index (Phi) is 6.51. The van der Waals surface area contributed by atoms with Crippen LogP contribution in [0.2, 0.25) is 0 Å². The lowest BCUT2D eigenvalue weighted by Gasteiger charge is -1.86. The van der Waals surface area contributed by atoms with Gasteiger partial charge in [-0.15, -0.1) is 0 Å². The van der Waals surface area contributed by atoms with Gasteiger partial charge in [0, 0.05) is 0 Å². The van der Waals surface area contributed by atoms with E-state index in [9.17, 15) is 0 Å². The third-order valence-corrected chi connectivity index (χ3v) is 0.989. The predicted octanol–water partition coefficient (Wildman–Crippen LogP) is 1.89. The molecule has 2 heteroatoms. The number of hydrogen-bond donors (Lipinski definition) is 1. The first-order chi connectivity index (χ1) is 3.41. The minimum Gasteiger partial charge on any atom is -0.382 e. The molecular formula is C5H10IN. The molecule has 0 saturated heterocycles. The van der Waals surface area contributed by atoms with E-state index in [2.05, 4.69) is 40.9 Å². The van der Waals surface area contributed by atoms with Crippen molar-refractivity contribution in [1.82, 2.24) is 5.32 Å². The molecule has 0 radical (unpaired) electrons. The molecule has 0 heterocycles. The van der Waals surface area contributed by atoms with E-state index in [0.717, 1.165) is 11.0 Å². The maximum atomic E-state index is 3.06. The number of nitrogens with one attached hydrogen (secondary N) is 1. The zero-order valence-electron chi connectivity index (χ0n) is 4.45. The molecule has 0 fully saturated rings. The van der Waals surface area contributed by atoms with Crippen molar-refractivity contribution in [3.63, 3.8) is 0 Å².